The lowest BCUT2D eigenvalue weighted by atomic mass is 10.0. The van der Waals surface area contributed by atoms with Crippen LogP contribution >= 0.6 is 0 Å². The lowest BCUT2D eigenvalue weighted by Crippen LogP contribution is -2.20. The standard InChI is InChI=1S/C13H21N/c1-2-7-13(8-3-1)9-6-12-14-10-4-5-11-14/h1-2,7H,3-6,8-12H2. The first-order valence-electron chi connectivity index (χ1n) is 6.02. The van der Waals surface area contributed by atoms with E-state index in [0.29, 0.717) is 0 Å². The third-order valence-corrected chi connectivity index (χ3v) is 3.27. The Morgan fingerprint density at radius 1 is 1.21 bits per heavy atom. The molecule has 0 unspecified atom stereocenters. The Balaban J connectivity index is 1.62. The van der Waals surface area contributed by atoms with Crippen molar-refractivity contribution in [3.05, 3.63) is 23.8 Å². The maximum absolute atomic E-state index is 2.61. The van der Waals surface area contributed by atoms with E-state index in [1.165, 1.54) is 58.2 Å². The molecule has 1 heterocycles. The van der Waals surface area contributed by atoms with Crippen molar-refractivity contribution in [2.24, 2.45) is 0 Å². The molecule has 0 amide bonds. The van der Waals surface area contributed by atoms with Gasteiger partial charge in [0.25, 0.3) is 0 Å². The van der Waals surface area contributed by atoms with Gasteiger partial charge in [-0.25, -0.2) is 0 Å². The Bertz CT molecular complexity index is 221. The summed E-state index contributed by atoms with van der Waals surface area (Å²) in [6, 6.07) is 0. The average Bonchev–Trinajstić information content (AvgIpc) is 2.72. The van der Waals surface area contributed by atoms with Crippen molar-refractivity contribution in [3.8, 4) is 0 Å². The highest BCUT2D eigenvalue weighted by atomic mass is 15.1. The van der Waals surface area contributed by atoms with Crippen molar-refractivity contribution in [3.63, 3.8) is 0 Å². The van der Waals surface area contributed by atoms with Gasteiger partial charge >= 0.3 is 0 Å². The topological polar surface area (TPSA) is 3.24 Å². The fourth-order valence-electron chi connectivity index (χ4n) is 2.40. The summed E-state index contributed by atoms with van der Waals surface area (Å²) in [5.41, 5.74) is 1.66. The van der Waals surface area contributed by atoms with Gasteiger partial charge in [0.1, 0.15) is 0 Å². The van der Waals surface area contributed by atoms with Gasteiger partial charge in [0, 0.05) is 0 Å². The molecule has 0 spiro atoms. The second kappa shape index (κ2) is 5.35. The second-order valence-corrected chi connectivity index (χ2v) is 4.44. The normalized spacial score (nSPS) is 22.7. The lowest BCUT2D eigenvalue weighted by molar-refractivity contribution is 0.333. The number of hydrogen-bond donors (Lipinski definition) is 0. The molecule has 0 aromatic carbocycles. The molecule has 0 aromatic rings. The van der Waals surface area contributed by atoms with E-state index in [2.05, 4.69) is 23.1 Å². The Morgan fingerprint density at radius 2 is 2.07 bits per heavy atom. The zero-order valence-electron chi connectivity index (χ0n) is 9.04. The summed E-state index contributed by atoms with van der Waals surface area (Å²) >= 11 is 0. The van der Waals surface area contributed by atoms with Gasteiger partial charge in [0.2, 0.25) is 0 Å². The smallest absolute Gasteiger partial charge is 0.00157 e. The molecule has 1 fully saturated rings. The van der Waals surface area contributed by atoms with E-state index in [-0.39, 0.29) is 0 Å². The molecule has 1 nitrogen and oxygen atoms in total. The Hall–Kier alpha value is -0.560. The molecule has 1 aliphatic heterocycles. The van der Waals surface area contributed by atoms with E-state index in [0.717, 1.165) is 0 Å². The van der Waals surface area contributed by atoms with Gasteiger partial charge < -0.3 is 4.90 Å². The highest BCUT2D eigenvalue weighted by Gasteiger charge is 2.10. The Labute approximate surface area is 87.5 Å². The van der Waals surface area contributed by atoms with Crippen molar-refractivity contribution in [2.45, 2.75) is 38.5 Å². The summed E-state index contributed by atoms with van der Waals surface area (Å²) in [6.45, 7) is 4.01. The number of likely N-dealkylation sites (tertiary alicyclic amines) is 1. The van der Waals surface area contributed by atoms with Crippen LogP contribution in [0.25, 0.3) is 0 Å². The van der Waals surface area contributed by atoms with Crippen LogP contribution in [0.5, 0.6) is 0 Å². The lowest BCUT2D eigenvalue weighted by Gasteiger charge is -2.15. The zero-order chi connectivity index (χ0) is 9.64. The molecule has 0 aromatic heterocycles. The van der Waals surface area contributed by atoms with Crippen LogP contribution in [-0.2, 0) is 0 Å². The summed E-state index contributed by atoms with van der Waals surface area (Å²) < 4.78 is 0. The summed E-state index contributed by atoms with van der Waals surface area (Å²) in [5.74, 6) is 0. The van der Waals surface area contributed by atoms with Crippen LogP contribution in [0.1, 0.15) is 38.5 Å². The molecular formula is C13H21N. The maximum atomic E-state index is 2.61. The first kappa shape index (κ1) is 9.97. The third-order valence-electron chi connectivity index (χ3n) is 3.27. The van der Waals surface area contributed by atoms with E-state index in [1.54, 1.807) is 5.57 Å². The zero-order valence-corrected chi connectivity index (χ0v) is 9.04. The molecule has 0 radical (unpaired) electrons. The van der Waals surface area contributed by atoms with Gasteiger partial charge in [-0.2, -0.15) is 0 Å². The van der Waals surface area contributed by atoms with Crippen molar-refractivity contribution in [1.82, 2.24) is 4.90 Å². The minimum absolute atomic E-state index is 1.26. The first-order chi connectivity index (χ1) is 6.95. The second-order valence-electron chi connectivity index (χ2n) is 4.44. The molecule has 2 rings (SSSR count). The average molecular weight is 191 g/mol. The van der Waals surface area contributed by atoms with Gasteiger partial charge in [-0.05, 0) is 58.2 Å². The van der Waals surface area contributed by atoms with E-state index in [4.69, 9.17) is 0 Å². The quantitative estimate of drug-likeness (QED) is 0.660. The minimum atomic E-state index is 1.26. The van der Waals surface area contributed by atoms with Crippen LogP contribution in [0.15, 0.2) is 23.8 Å². The van der Waals surface area contributed by atoms with E-state index in [9.17, 15) is 0 Å². The largest absolute Gasteiger partial charge is 0.303 e. The van der Waals surface area contributed by atoms with E-state index in [1.807, 2.05) is 0 Å². The Kier molecular flexibility index (Phi) is 3.81. The molecule has 0 atom stereocenters. The first-order valence-corrected chi connectivity index (χ1v) is 6.02. The van der Waals surface area contributed by atoms with Crippen LogP contribution < -0.4 is 0 Å². The van der Waals surface area contributed by atoms with Gasteiger partial charge in [-0.15, -0.1) is 0 Å². The molecule has 0 N–H and O–H groups in total. The van der Waals surface area contributed by atoms with Crippen molar-refractivity contribution in [1.29, 1.82) is 0 Å². The minimum Gasteiger partial charge on any atom is -0.303 e. The molecular weight excluding hydrogens is 170 g/mol. The maximum Gasteiger partial charge on any atom is -0.00157 e. The highest BCUT2D eigenvalue weighted by molar-refractivity contribution is 5.17. The predicted molar refractivity (Wildman–Crippen MR) is 61.4 cm³/mol. The predicted octanol–water partition coefficient (Wildman–Crippen LogP) is 3.14. The summed E-state index contributed by atoms with van der Waals surface area (Å²) in [6.07, 6.45) is 14.9. The monoisotopic (exact) mass is 191 g/mol. The molecule has 0 bridgehead atoms. The molecule has 1 saturated heterocycles. The number of hydrogen-bond acceptors (Lipinski definition) is 1. The van der Waals surface area contributed by atoms with Crippen LogP contribution in [0.4, 0.5) is 0 Å². The third kappa shape index (κ3) is 2.98. The van der Waals surface area contributed by atoms with E-state index < -0.39 is 0 Å². The van der Waals surface area contributed by atoms with Crippen LogP contribution in [0.3, 0.4) is 0 Å². The fourth-order valence-corrected chi connectivity index (χ4v) is 2.40. The van der Waals surface area contributed by atoms with Crippen molar-refractivity contribution in [2.75, 3.05) is 19.6 Å². The van der Waals surface area contributed by atoms with Gasteiger partial charge in [-0.1, -0.05) is 23.8 Å². The molecule has 1 aliphatic carbocycles. The van der Waals surface area contributed by atoms with Crippen LogP contribution in [-0.4, -0.2) is 24.5 Å². The fraction of sp³-hybridized carbons (Fsp3) is 0.692. The van der Waals surface area contributed by atoms with Crippen LogP contribution in [0.2, 0.25) is 0 Å². The number of nitrogens with zero attached hydrogens (tertiary/aromatic N) is 1. The SMILES string of the molecule is C1=CCCC(CCCN2CCCC2)=C1. The van der Waals surface area contributed by atoms with Crippen LogP contribution in [0, 0.1) is 0 Å². The van der Waals surface area contributed by atoms with Gasteiger partial charge in [0.05, 0.1) is 0 Å². The van der Waals surface area contributed by atoms with Gasteiger partial charge in [-0.3, -0.25) is 0 Å². The number of rotatable bonds is 4. The molecule has 1 heteroatoms. The number of allylic oxidation sites excluding steroid dienone is 4. The molecule has 0 saturated carbocycles. The van der Waals surface area contributed by atoms with E-state index >= 15 is 0 Å². The summed E-state index contributed by atoms with van der Waals surface area (Å²) in [5, 5.41) is 0. The summed E-state index contributed by atoms with van der Waals surface area (Å²) in [4.78, 5) is 2.61. The summed E-state index contributed by atoms with van der Waals surface area (Å²) in [7, 11) is 0. The van der Waals surface area contributed by atoms with Crippen molar-refractivity contribution < 1.29 is 0 Å². The molecule has 2 aliphatic rings. The molecule has 78 valence electrons. The Morgan fingerprint density at radius 3 is 2.79 bits per heavy atom. The molecule has 14 heavy (non-hydrogen) atoms. The van der Waals surface area contributed by atoms with Gasteiger partial charge in [0.15, 0.2) is 0 Å². The highest BCUT2D eigenvalue weighted by Crippen LogP contribution is 2.17. The van der Waals surface area contributed by atoms with Crippen molar-refractivity contribution >= 4 is 0 Å².